The maximum absolute atomic E-state index is 11.7. The highest BCUT2D eigenvalue weighted by molar-refractivity contribution is 8.00. The van der Waals surface area contributed by atoms with E-state index in [-0.39, 0.29) is 5.88 Å². The minimum atomic E-state index is -1.01. The molecular weight excluding hydrogens is 440 g/mol. The van der Waals surface area contributed by atoms with Crippen molar-refractivity contribution in [1.82, 2.24) is 9.97 Å². The van der Waals surface area contributed by atoms with Crippen molar-refractivity contribution in [1.29, 1.82) is 0 Å². The molecular formula is C25H42N2O5S. The average Bonchev–Trinajstić information content (AvgIpc) is 2.76. The molecule has 1 heterocycles. The molecule has 0 aliphatic heterocycles. The minimum absolute atomic E-state index is 0.187. The first kappa shape index (κ1) is 29.2. The fraction of sp³-hybridized carbons (Fsp3) is 0.760. The number of rotatable bonds is 20. The first-order valence-electron chi connectivity index (χ1n) is 12.5. The van der Waals surface area contributed by atoms with E-state index in [0.29, 0.717) is 23.7 Å². The molecule has 0 aromatic carbocycles. The summed E-state index contributed by atoms with van der Waals surface area (Å²) in [5, 5.41) is 18.9. The van der Waals surface area contributed by atoms with Gasteiger partial charge in [-0.05, 0) is 26.2 Å². The smallest absolute Gasteiger partial charge is 0.344 e. The Bertz CT molecular complexity index is 647. The van der Waals surface area contributed by atoms with Gasteiger partial charge in [-0.15, -0.1) is 0 Å². The first-order chi connectivity index (χ1) is 15.9. The number of thioether (sulfide) groups is 1. The third-order valence-corrected chi connectivity index (χ3v) is 6.63. The molecule has 2 atom stereocenters. The highest BCUT2D eigenvalue weighted by Gasteiger charge is 2.23. The van der Waals surface area contributed by atoms with E-state index in [1.807, 2.05) is 0 Å². The van der Waals surface area contributed by atoms with Gasteiger partial charge in [0, 0.05) is 11.8 Å². The quantitative estimate of drug-likeness (QED) is 0.121. The Morgan fingerprint density at radius 1 is 0.848 bits per heavy atom. The van der Waals surface area contributed by atoms with Crippen LogP contribution in [0.2, 0.25) is 0 Å². The molecule has 0 fully saturated rings. The van der Waals surface area contributed by atoms with Gasteiger partial charge in [-0.25, -0.2) is 9.78 Å². The van der Waals surface area contributed by atoms with Crippen LogP contribution in [-0.4, -0.2) is 43.5 Å². The van der Waals surface area contributed by atoms with Crippen LogP contribution in [0.5, 0.6) is 5.88 Å². The largest absolute Gasteiger partial charge is 0.480 e. The predicted octanol–water partition coefficient (Wildman–Crippen LogP) is 6.66. The zero-order valence-corrected chi connectivity index (χ0v) is 21.4. The van der Waals surface area contributed by atoms with Crippen LogP contribution >= 0.6 is 11.8 Å². The van der Waals surface area contributed by atoms with Gasteiger partial charge in [0.25, 0.3) is 0 Å². The van der Waals surface area contributed by atoms with Crippen molar-refractivity contribution < 1.29 is 24.5 Å². The zero-order valence-electron chi connectivity index (χ0n) is 20.6. The first-order valence-corrected chi connectivity index (χ1v) is 13.4. The van der Waals surface area contributed by atoms with Gasteiger partial charge in [-0.3, -0.25) is 4.79 Å². The standard InChI is InChI=1S/C25H42N2O5S/c1-4-6-8-10-12-14-16-20(23(28)29)32-22-18-19(3)26-25(27-22)33-21(24(30)31)17-15-13-11-9-7-5-2/h18,20-21H,4-17H2,1-3H3,(H,28,29)(H,30,31). The van der Waals surface area contributed by atoms with E-state index >= 15 is 0 Å². The van der Waals surface area contributed by atoms with Crippen molar-refractivity contribution in [2.75, 3.05) is 0 Å². The van der Waals surface area contributed by atoms with Gasteiger partial charge in [0.05, 0.1) is 0 Å². The molecule has 0 aliphatic rings. The van der Waals surface area contributed by atoms with E-state index in [4.69, 9.17) is 4.74 Å². The molecule has 0 aliphatic carbocycles. The summed E-state index contributed by atoms with van der Waals surface area (Å²) in [7, 11) is 0. The van der Waals surface area contributed by atoms with Crippen LogP contribution in [0.15, 0.2) is 11.2 Å². The maximum atomic E-state index is 11.7. The fourth-order valence-corrected chi connectivity index (χ4v) is 4.56. The molecule has 8 heteroatoms. The van der Waals surface area contributed by atoms with E-state index in [0.717, 1.165) is 50.3 Å². The molecule has 33 heavy (non-hydrogen) atoms. The fourth-order valence-electron chi connectivity index (χ4n) is 3.59. The summed E-state index contributed by atoms with van der Waals surface area (Å²) in [5.41, 5.74) is 0.620. The molecule has 2 N–H and O–H groups in total. The van der Waals surface area contributed by atoms with E-state index in [2.05, 4.69) is 23.8 Å². The van der Waals surface area contributed by atoms with Gasteiger partial charge in [0.2, 0.25) is 5.88 Å². The van der Waals surface area contributed by atoms with Crippen LogP contribution in [0.4, 0.5) is 0 Å². The number of ether oxygens (including phenoxy) is 1. The Morgan fingerprint density at radius 2 is 1.39 bits per heavy atom. The molecule has 1 aromatic rings. The molecule has 188 valence electrons. The number of aromatic nitrogens is 2. The molecule has 1 rings (SSSR count). The highest BCUT2D eigenvalue weighted by atomic mass is 32.2. The number of aryl methyl sites for hydroxylation is 1. The minimum Gasteiger partial charge on any atom is -0.480 e. The number of aliphatic carboxylic acids is 2. The molecule has 0 radical (unpaired) electrons. The maximum Gasteiger partial charge on any atom is 0.344 e. The van der Waals surface area contributed by atoms with Crippen LogP contribution in [-0.2, 0) is 9.59 Å². The molecule has 0 bridgehead atoms. The Kier molecular flexibility index (Phi) is 15.6. The van der Waals surface area contributed by atoms with Crippen LogP contribution < -0.4 is 4.74 Å². The van der Waals surface area contributed by atoms with Crippen LogP contribution in [0.1, 0.15) is 109 Å². The van der Waals surface area contributed by atoms with Crippen LogP contribution in [0.25, 0.3) is 0 Å². The van der Waals surface area contributed by atoms with Crippen LogP contribution in [0.3, 0.4) is 0 Å². The van der Waals surface area contributed by atoms with Crippen molar-refractivity contribution in [3.8, 4) is 5.88 Å². The lowest BCUT2D eigenvalue weighted by Crippen LogP contribution is -2.27. The van der Waals surface area contributed by atoms with Crippen molar-refractivity contribution >= 4 is 23.7 Å². The number of carboxylic acid groups (broad SMARTS) is 2. The van der Waals surface area contributed by atoms with E-state index in [9.17, 15) is 19.8 Å². The number of hydrogen-bond acceptors (Lipinski definition) is 6. The molecule has 0 saturated heterocycles. The lowest BCUT2D eigenvalue weighted by molar-refractivity contribution is -0.145. The molecule has 0 saturated carbocycles. The second-order valence-electron chi connectivity index (χ2n) is 8.63. The molecule has 7 nitrogen and oxygen atoms in total. The Labute approximate surface area is 203 Å². The van der Waals surface area contributed by atoms with Gasteiger partial charge in [-0.1, -0.05) is 96.2 Å². The van der Waals surface area contributed by atoms with E-state index < -0.39 is 23.3 Å². The molecule has 2 unspecified atom stereocenters. The SMILES string of the molecule is CCCCCCCCC(Oc1cc(C)nc(SC(CCCCCCCC)C(=O)O)n1)C(=O)O. The Morgan fingerprint density at radius 3 is 1.94 bits per heavy atom. The molecule has 0 amide bonds. The second-order valence-corrected chi connectivity index (χ2v) is 9.80. The zero-order chi connectivity index (χ0) is 24.5. The van der Waals surface area contributed by atoms with E-state index in [1.54, 1.807) is 13.0 Å². The normalized spacial score (nSPS) is 12.9. The second kappa shape index (κ2) is 17.6. The number of carbonyl (C=O) groups is 2. The summed E-state index contributed by atoms with van der Waals surface area (Å²) in [6.45, 7) is 6.10. The Balaban J connectivity index is 2.65. The summed E-state index contributed by atoms with van der Waals surface area (Å²) < 4.78 is 5.69. The molecule has 1 aromatic heterocycles. The van der Waals surface area contributed by atoms with Gasteiger partial charge in [-0.2, -0.15) is 4.98 Å². The number of nitrogens with zero attached hydrogens (tertiary/aromatic N) is 2. The predicted molar refractivity (Wildman–Crippen MR) is 132 cm³/mol. The van der Waals surface area contributed by atoms with E-state index in [1.165, 1.54) is 38.5 Å². The summed E-state index contributed by atoms with van der Waals surface area (Å²) in [4.78, 5) is 32.1. The van der Waals surface area contributed by atoms with Crippen LogP contribution in [0, 0.1) is 6.92 Å². The number of hydrogen-bond donors (Lipinski definition) is 2. The summed E-state index contributed by atoms with van der Waals surface area (Å²) >= 11 is 1.11. The molecule has 0 spiro atoms. The van der Waals surface area contributed by atoms with Crippen molar-refractivity contribution in [2.24, 2.45) is 0 Å². The van der Waals surface area contributed by atoms with Gasteiger partial charge in [0.1, 0.15) is 5.25 Å². The van der Waals surface area contributed by atoms with Gasteiger partial charge < -0.3 is 14.9 Å². The average molecular weight is 483 g/mol. The lowest BCUT2D eigenvalue weighted by Gasteiger charge is -2.16. The van der Waals surface area contributed by atoms with Crippen molar-refractivity contribution in [3.05, 3.63) is 11.8 Å². The summed E-state index contributed by atoms with van der Waals surface area (Å²) in [5.74, 6) is -1.71. The topological polar surface area (TPSA) is 110 Å². The summed E-state index contributed by atoms with van der Waals surface area (Å²) in [6.07, 6.45) is 13.0. The van der Waals surface area contributed by atoms with Gasteiger partial charge >= 0.3 is 11.9 Å². The number of unbranched alkanes of at least 4 members (excludes halogenated alkanes) is 10. The highest BCUT2D eigenvalue weighted by Crippen LogP contribution is 2.27. The van der Waals surface area contributed by atoms with Gasteiger partial charge in [0.15, 0.2) is 11.3 Å². The monoisotopic (exact) mass is 482 g/mol. The van der Waals surface area contributed by atoms with Crippen molar-refractivity contribution in [2.45, 2.75) is 127 Å². The summed E-state index contributed by atoms with van der Waals surface area (Å²) in [6, 6.07) is 1.60. The third kappa shape index (κ3) is 13.5. The number of carboxylic acids is 2. The Hall–Kier alpha value is -1.83. The van der Waals surface area contributed by atoms with Crippen molar-refractivity contribution in [3.63, 3.8) is 0 Å². The third-order valence-electron chi connectivity index (χ3n) is 5.51. The lowest BCUT2D eigenvalue weighted by atomic mass is 10.1.